The highest BCUT2D eigenvalue weighted by Gasteiger charge is 2.26. The molecule has 0 heterocycles. The van der Waals surface area contributed by atoms with Crippen LogP contribution in [0, 0.1) is 0 Å². The highest BCUT2D eigenvalue weighted by atomic mass is 32.2. The van der Waals surface area contributed by atoms with Crippen molar-refractivity contribution in [1.29, 1.82) is 0 Å². The second-order valence-corrected chi connectivity index (χ2v) is 6.61. The van der Waals surface area contributed by atoms with Crippen LogP contribution in [-0.4, -0.2) is 28.1 Å². The van der Waals surface area contributed by atoms with Crippen LogP contribution in [0.1, 0.15) is 37.3 Å². The molecule has 0 saturated heterocycles. The maximum atomic E-state index is 8.63. The minimum Gasteiger partial charge on any atom is -0.409 e. The Morgan fingerprint density at radius 1 is 1.40 bits per heavy atom. The van der Waals surface area contributed by atoms with Crippen LogP contribution in [0.5, 0.6) is 0 Å². The lowest BCUT2D eigenvalue weighted by Crippen LogP contribution is -2.33. The molecule has 1 saturated carbocycles. The summed E-state index contributed by atoms with van der Waals surface area (Å²) < 4.78 is 0. The second-order valence-electron chi connectivity index (χ2n) is 5.09. The molecule has 2 rings (SSSR count). The van der Waals surface area contributed by atoms with Gasteiger partial charge in [0, 0.05) is 23.4 Å². The van der Waals surface area contributed by atoms with E-state index in [0.717, 1.165) is 17.4 Å². The van der Waals surface area contributed by atoms with Crippen LogP contribution in [0.3, 0.4) is 0 Å². The lowest BCUT2D eigenvalue weighted by atomic mass is 10.1. The smallest absolute Gasteiger partial charge is 0.170 e. The first-order valence-corrected chi connectivity index (χ1v) is 8.21. The molecule has 0 amide bonds. The van der Waals surface area contributed by atoms with E-state index in [1.54, 1.807) is 0 Å². The summed E-state index contributed by atoms with van der Waals surface area (Å²) in [5.74, 6) is 1.34. The molecule has 1 aromatic rings. The number of rotatable bonds is 6. The molecule has 1 aliphatic rings. The SMILES string of the molecule is CCSC1CCCC1NCc1ccc(/C(N)=N/O)cc1. The molecule has 1 aromatic carbocycles. The Balaban J connectivity index is 1.87. The first kappa shape index (κ1) is 15.2. The standard InChI is InChI=1S/C15H23N3OS/c1-2-20-14-5-3-4-13(14)17-10-11-6-8-12(9-7-11)15(16)18-19/h6-9,13-14,17,19H,2-5,10H2,1H3,(H2,16,18). The van der Waals surface area contributed by atoms with Gasteiger partial charge in [-0.25, -0.2) is 0 Å². The van der Waals surface area contributed by atoms with E-state index >= 15 is 0 Å². The second kappa shape index (κ2) is 7.55. The van der Waals surface area contributed by atoms with Crippen molar-refractivity contribution < 1.29 is 5.21 Å². The molecular formula is C15H23N3OS. The largest absolute Gasteiger partial charge is 0.409 e. The normalized spacial score (nSPS) is 23.1. The maximum absolute atomic E-state index is 8.63. The summed E-state index contributed by atoms with van der Waals surface area (Å²) in [7, 11) is 0. The van der Waals surface area contributed by atoms with Crippen molar-refractivity contribution in [1.82, 2.24) is 5.32 Å². The van der Waals surface area contributed by atoms with Gasteiger partial charge in [0.05, 0.1) is 0 Å². The summed E-state index contributed by atoms with van der Waals surface area (Å²) in [4.78, 5) is 0. The summed E-state index contributed by atoms with van der Waals surface area (Å²) in [6.07, 6.45) is 3.94. The molecule has 4 N–H and O–H groups in total. The fourth-order valence-corrected chi connectivity index (χ4v) is 3.90. The predicted molar refractivity (Wildman–Crippen MR) is 85.4 cm³/mol. The third-order valence-corrected chi connectivity index (χ3v) is 5.08. The van der Waals surface area contributed by atoms with E-state index in [-0.39, 0.29) is 5.84 Å². The van der Waals surface area contributed by atoms with Gasteiger partial charge in [-0.1, -0.05) is 42.8 Å². The van der Waals surface area contributed by atoms with Gasteiger partial charge in [-0.2, -0.15) is 11.8 Å². The number of nitrogens with zero attached hydrogens (tertiary/aromatic N) is 1. The predicted octanol–water partition coefficient (Wildman–Crippen LogP) is 2.54. The van der Waals surface area contributed by atoms with Crippen LogP contribution in [0.4, 0.5) is 0 Å². The topological polar surface area (TPSA) is 70.6 Å². The quantitative estimate of drug-likeness (QED) is 0.326. The van der Waals surface area contributed by atoms with Gasteiger partial charge in [-0.15, -0.1) is 0 Å². The number of benzene rings is 1. The Hall–Kier alpha value is -1.20. The molecular weight excluding hydrogens is 270 g/mol. The molecule has 20 heavy (non-hydrogen) atoms. The van der Waals surface area contributed by atoms with Gasteiger partial charge in [-0.3, -0.25) is 0 Å². The molecule has 4 nitrogen and oxygen atoms in total. The molecule has 1 aliphatic carbocycles. The summed E-state index contributed by atoms with van der Waals surface area (Å²) in [5, 5.41) is 16.1. The van der Waals surface area contributed by atoms with Gasteiger partial charge < -0.3 is 16.3 Å². The number of amidine groups is 1. The number of nitrogens with one attached hydrogen (secondary N) is 1. The summed E-state index contributed by atoms with van der Waals surface area (Å²) in [6.45, 7) is 3.10. The molecule has 0 aromatic heterocycles. The molecule has 5 heteroatoms. The fraction of sp³-hybridized carbons (Fsp3) is 0.533. The third kappa shape index (κ3) is 3.90. The zero-order chi connectivity index (χ0) is 14.4. The van der Waals surface area contributed by atoms with Crippen molar-refractivity contribution >= 4 is 17.6 Å². The van der Waals surface area contributed by atoms with Crippen molar-refractivity contribution in [2.45, 2.75) is 44.0 Å². The third-order valence-electron chi connectivity index (χ3n) is 3.76. The van der Waals surface area contributed by atoms with E-state index in [2.05, 4.69) is 29.2 Å². The van der Waals surface area contributed by atoms with E-state index in [1.807, 2.05) is 24.3 Å². The maximum Gasteiger partial charge on any atom is 0.170 e. The minimum absolute atomic E-state index is 0.153. The fourth-order valence-electron chi connectivity index (χ4n) is 2.67. The van der Waals surface area contributed by atoms with Crippen molar-refractivity contribution in [2.24, 2.45) is 10.9 Å². The van der Waals surface area contributed by atoms with Crippen LogP contribution in [0.25, 0.3) is 0 Å². The van der Waals surface area contributed by atoms with E-state index in [9.17, 15) is 0 Å². The molecule has 0 bridgehead atoms. The number of oxime groups is 1. The molecule has 0 spiro atoms. The summed E-state index contributed by atoms with van der Waals surface area (Å²) >= 11 is 2.07. The average molecular weight is 293 g/mol. The highest BCUT2D eigenvalue weighted by Crippen LogP contribution is 2.30. The first-order chi connectivity index (χ1) is 9.74. The first-order valence-electron chi connectivity index (χ1n) is 7.16. The van der Waals surface area contributed by atoms with Crippen LogP contribution in [0.15, 0.2) is 29.4 Å². The van der Waals surface area contributed by atoms with Crippen molar-refractivity contribution in [3.63, 3.8) is 0 Å². The van der Waals surface area contributed by atoms with E-state index < -0.39 is 0 Å². The Morgan fingerprint density at radius 3 is 2.80 bits per heavy atom. The van der Waals surface area contributed by atoms with Crippen molar-refractivity contribution in [3.8, 4) is 0 Å². The van der Waals surface area contributed by atoms with E-state index in [4.69, 9.17) is 10.9 Å². The van der Waals surface area contributed by atoms with Gasteiger partial charge >= 0.3 is 0 Å². The molecule has 0 aliphatic heterocycles. The van der Waals surface area contributed by atoms with Gasteiger partial charge in [0.15, 0.2) is 5.84 Å². The van der Waals surface area contributed by atoms with E-state index in [0.29, 0.717) is 6.04 Å². The summed E-state index contributed by atoms with van der Waals surface area (Å²) in [6, 6.07) is 8.45. The average Bonchev–Trinajstić information content (AvgIpc) is 2.92. The number of nitrogens with two attached hydrogens (primary N) is 1. The molecule has 1 fully saturated rings. The Labute approximate surface area is 124 Å². The number of thioether (sulfide) groups is 1. The zero-order valence-corrected chi connectivity index (χ0v) is 12.7. The molecule has 2 unspecified atom stereocenters. The summed E-state index contributed by atoms with van der Waals surface area (Å²) in [5.41, 5.74) is 7.53. The minimum atomic E-state index is 0.153. The van der Waals surface area contributed by atoms with Crippen LogP contribution < -0.4 is 11.1 Å². The van der Waals surface area contributed by atoms with Gasteiger partial charge in [-0.05, 0) is 24.2 Å². The van der Waals surface area contributed by atoms with Crippen molar-refractivity contribution in [3.05, 3.63) is 35.4 Å². The van der Waals surface area contributed by atoms with Gasteiger partial charge in [0.1, 0.15) is 0 Å². The Bertz CT molecular complexity index is 447. The van der Waals surface area contributed by atoms with Crippen LogP contribution in [0.2, 0.25) is 0 Å². The Morgan fingerprint density at radius 2 is 2.15 bits per heavy atom. The van der Waals surface area contributed by atoms with Gasteiger partial charge in [0.2, 0.25) is 0 Å². The van der Waals surface area contributed by atoms with Crippen molar-refractivity contribution in [2.75, 3.05) is 5.75 Å². The number of hydrogen-bond acceptors (Lipinski definition) is 4. The lowest BCUT2D eigenvalue weighted by molar-refractivity contribution is 0.318. The monoisotopic (exact) mass is 293 g/mol. The zero-order valence-electron chi connectivity index (χ0n) is 11.9. The van der Waals surface area contributed by atoms with Crippen LogP contribution >= 0.6 is 11.8 Å². The lowest BCUT2D eigenvalue weighted by Gasteiger charge is -2.20. The molecule has 2 atom stereocenters. The van der Waals surface area contributed by atoms with E-state index in [1.165, 1.54) is 30.6 Å². The highest BCUT2D eigenvalue weighted by molar-refractivity contribution is 7.99. The molecule has 0 radical (unpaired) electrons. The van der Waals surface area contributed by atoms with Crippen LogP contribution in [-0.2, 0) is 6.54 Å². The molecule has 110 valence electrons. The van der Waals surface area contributed by atoms with Gasteiger partial charge in [0.25, 0.3) is 0 Å². The number of hydrogen-bond donors (Lipinski definition) is 3. The Kier molecular flexibility index (Phi) is 5.73.